The van der Waals surface area contributed by atoms with Crippen molar-refractivity contribution in [2.24, 2.45) is 5.92 Å². The van der Waals surface area contributed by atoms with Crippen LogP contribution in [-0.4, -0.2) is 6.04 Å². The minimum absolute atomic E-state index is 0.0560. The second-order valence-corrected chi connectivity index (χ2v) is 5.72. The number of halogens is 2. The summed E-state index contributed by atoms with van der Waals surface area (Å²) in [5, 5.41) is 3.15. The summed E-state index contributed by atoms with van der Waals surface area (Å²) < 4.78 is 14.1. The van der Waals surface area contributed by atoms with E-state index in [0.29, 0.717) is 17.3 Å². The second kappa shape index (κ2) is 5.87. The number of nitrogens with one attached hydrogen (secondary N) is 1. The maximum atomic E-state index is 14.1. The molecule has 0 amide bonds. The number of rotatable bonds is 3. The summed E-state index contributed by atoms with van der Waals surface area (Å²) in [4.78, 5) is 0. The van der Waals surface area contributed by atoms with Crippen LogP contribution in [0.1, 0.15) is 39.0 Å². The van der Waals surface area contributed by atoms with Crippen molar-refractivity contribution in [1.29, 1.82) is 0 Å². The first kappa shape index (κ1) is 14.3. The molecule has 2 atom stereocenters. The Morgan fingerprint density at radius 1 is 1.37 bits per heavy atom. The van der Waals surface area contributed by atoms with Gasteiger partial charge in [0.15, 0.2) is 5.82 Å². The molecular formula is C14H21ClFN3. The zero-order valence-corrected chi connectivity index (χ0v) is 11.9. The highest BCUT2D eigenvalue weighted by Gasteiger charge is 2.23. The molecule has 0 bridgehead atoms. The molecule has 0 radical (unpaired) electrons. The molecule has 0 aliphatic heterocycles. The zero-order valence-electron chi connectivity index (χ0n) is 11.2. The minimum Gasteiger partial charge on any atom is -0.397 e. The molecule has 2 rings (SSSR count). The van der Waals surface area contributed by atoms with E-state index in [1.54, 1.807) is 0 Å². The van der Waals surface area contributed by atoms with Gasteiger partial charge in [0.1, 0.15) is 5.02 Å². The summed E-state index contributed by atoms with van der Waals surface area (Å²) in [6.07, 6.45) is 5.68. The Morgan fingerprint density at radius 3 is 2.79 bits per heavy atom. The van der Waals surface area contributed by atoms with Crippen molar-refractivity contribution in [2.45, 2.75) is 45.1 Å². The number of nitrogens with two attached hydrogens (primary N) is 2. The molecule has 1 aromatic rings. The minimum atomic E-state index is -0.544. The fourth-order valence-electron chi connectivity index (χ4n) is 2.81. The van der Waals surface area contributed by atoms with Crippen LogP contribution in [0.2, 0.25) is 5.02 Å². The Bertz CT molecular complexity index is 464. The smallest absolute Gasteiger partial charge is 0.169 e. The molecule has 19 heavy (non-hydrogen) atoms. The lowest BCUT2D eigenvalue weighted by Gasteiger charge is -2.30. The third kappa shape index (κ3) is 3.06. The Kier molecular flexibility index (Phi) is 4.40. The number of hydrogen-bond acceptors (Lipinski definition) is 3. The van der Waals surface area contributed by atoms with Crippen LogP contribution in [0.4, 0.5) is 21.5 Å². The summed E-state index contributed by atoms with van der Waals surface area (Å²) >= 11 is 5.83. The summed E-state index contributed by atoms with van der Waals surface area (Å²) in [5.41, 5.74) is 12.2. The van der Waals surface area contributed by atoms with E-state index >= 15 is 0 Å². The Balaban J connectivity index is 2.17. The van der Waals surface area contributed by atoms with Crippen LogP contribution in [0.3, 0.4) is 0 Å². The van der Waals surface area contributed by atoms with Gasteiger partial charge in [0, 0.05) is 6.04 Å². The van der Waals surface area contributed by atoms with Gasteiger partial charge < -0.3 is 16.8 Å². The van der Waals surface area contributed by atoms with Gasteiger partial charge >= 0.3 is 0 Å². The highest BCUT2D eigenvalue weighted by molar-refractivity contribution is 6.33. The van der Waals surface area contributed by atoms with Crippen molar-refractivity contribution in [3.63, 3.8) is 0 Å². The molecule has 5 heteroatoms. The van der Waals surface area contributed by atoms with Crippen LogP contribution in [0, 0.1) is 11.7 Å². The predicted molar refractivity (Wildman–Crippen MR) is 79.9 cm³/mol. The van der Waals surface area contributed by atoms with Crippen LogP contribution in [0.5, 0.6) is 0 Å². The van der Waals surface area contributed by atoms with Gasteiger partial charge in [0.25, 0.3) is 0 Å². The first-order valence-corrected chi connectivity index (χ1v) is 7.20. The third-order valence-corrected chi connectivity index (χ3v) is 4.36. The van der Waals surface area contributed by atoms with Crippen LogP contribution in [-0.2, 0) is 0 Å². The molecule has 1 aliphatic carbocycles. The molecule has 1 aromatic carbocycles. The van der Waals surface area contributed by atoms with E-state index in [4.69, 9.17) is 23.1 Å². The van der Waals surface area contributed by atoms with E-state index in [1.807, 2.05) is 0 Å². The van der Waals surface area contributed by atoms with Crippen molar-refractivity contribution in [1.82, 2.24) is 0 Å². The molecule has 0 spiro atoms. The van der Waals surface area contributed by atoms with Gasteiger partial charge in [-0.3, -0.25) is 0 Å². The van der Waals surface area contributed by atoms with Crippen LogP contribution in [0.15, 0.2) is 6.07 Å². The van der Waals surface area contributed by atoms with Crippen molar-refractivity contribution in [3.8, 4) is 0 Å². The molecule has 0 aromatic heterocycles. The molecule has 1 saturated carbocycles. The maximum absolute atomic E-state index is 14.1. The fourth-order valence-corrected chi connectivity index (χ4v) is 2.96. The average molecular weight is 286 g/mol. The topological polar surface area (TPSA) is 64.1 Å². The number of nitrogen functional groups attached to an aromatic ring is 2. The lowest BCUT2D eigenvalue weighted by Crippen LogP contribution is -2.28. The Labute approximate surface area is 118 Å². The SMILES string of the molecule is CCC1CCCC(Nc2c(N)cc(N)c(Cl)c2F)C1. The van der Waals surface area contributed by atoms with Crippen molar-refractivity contribution < 1.29 is 4.39 Å². The third-order valence-electron chi connectivity index (χ3n) is 3.97. The molecule has 3 nitrogen and oxygen atoms in total. The highest BCUT2D eigenvalue weighted by atomic mass is 35.5. The van der Waals surface area contributed by atoms with Crippen LogP contribution >= 0.6 is 11.6 Å². The summed E-state index contributed by atoms with van der Waals surface area (Å²) in [5.74, 6) is 0.164. The van der Waals surface area contributed by atoms with Crippen LogP contribution in [0.25, 0.3) is 0 Å². The van der Waals surface area contributed by atoms with E-state index in [9.17, 15) is 4.39 Å². The Hall–Kier alpha value is -1.16. The number of hydrogen-bond donors (Lipinski definition) is 3. The maximum Gasteiger partial charge on any atom is 0.169 e. The Morgan fingerprint density at radius 2 is 2.11 bits per heavy atom. The molecular weight excluding hydrogens is 265 g/mol. The molecule has 106 valence electrons. The summed E-state index contributed by atoms with van der Waals surface area (Å²) in [7, 11) is 0. The van der Waals surface area contributed by atoms with E-state index in [2.05, 4.69) is 12.2 Å². The van der Waals surface area contributed by atoms with Gasteiger partial charge in [-0.05, 0) is 24.8 Å². The van der Waals surface area contributed by atoms with Gasteiger partial charge in [0.2, 0.25) is 0 Å². The number of benzene rings is 1. The van der Waals surface area contributed by atoms with Crippen molar-refractivity contribution in [3.05, 3.63) is 16.9 Å². The van der Waals surface area contributed by atoms with Gasteiger partial charge in [-0.2, -0.15) is 0 Å². The molecule has 1 fully saturated rings. The van der Waals surface area contributed by atoms with E-state index < -0.39 is 5.82 Å². The monoisotopic (exact) mass is 285 g/mol. The fraction of sp³-hybridized carbons (Fsp3) is 0.571. The normalized spacial score (nSPS) is 23.3. The lowest BCUT2D eigenvalue weighted by atomic mass is 9.84. The first-order valence-electron chi connectivity index (χ1n) is 6.82. The molecule has 0 heterocycles. The zero-order chi connectivity index (χ0) is 14.0. The highest BCUT2D eigenvalue weighted by Crippen LogP contribution is 2.36. The van der Waals surface area contributed by atoms with Crippen molar-refractivity contribution >= 4 is 28.7 Å². The van der Waals surface area contributed by atoms with E-state index in [0.717, 1.165) is 12.8 Å². The lowest BCUT2D eigenvalue weighted by molar-refractivity contribution is 0.327. The van der Waals surface area contributed by atoms with E-state index in [1.165, 1.54) is 25.3 Å². The van der Waals surface area contributed by atoms with Crippen molar-refractivity contribution in [2.75, 3.05) is 16.8 Å². The standard InChI is InChI=1S/C14H21ClFN3/c1-2-8-4-3-5-9(6-8)19-14-11(18)7-10(17)12(15)13(14)16/h7-9,19H,2-6,17-18H2,1H3. The van der Waals surface area contributed by atoms with Gasteiger partial charge in [-0.25, -0.2) is 4.39 Å². The van der Waals surface area contributed by atoms with Gasteiger partial charge in [0.05, 0.1) is 17.1 Å². The predicted octanol–water partition coefficient (Wildman–Crippen LogP) is 4.02. The van der Waals surface area contributed by atoms with E-state index in [-0.39, 0.29) is 16.8 Å². The average Bonchev–Trinajstić information content (AvgIpc) is 2.41. The second-order valence-electron chi connectivity index (χ2n) is 5.34. The van der Waals surface area contributed by atoms with Crippen LogP contribution < -0.4 is 16.8 Å². The first-order chi connectivity index (χ1) is 9.02. The van der Waals surface area contributed by atoms with Gasteiger partial charge in [-0.1, -0.05) is 37.8 Å². The van der Waals surface area contributed by atoms with Gasteiger partial charge in [-0.15, -0.1) is 0 Å². The molecule has 0 saturated heterocycles. The molecule has 1 aliphatic rings. The molecule has 5 N–H and O–H groups in total. The largest absolute Gasteiger partial charge is 0.397 e. The molecule has 2 unspecified atom stereocenters. The summed E-state index contributed by atoms with van der Waals surface area (Å²) in [6, 6.07) is 1.77. The summed E-state index contributed by atoms with van der Waals surface area (Å²) in [6.45, 7) is 2.20. The quantitative estimate of drug-likeness (QED) is 0.735. The number of anilines is 3.